The van der Waals surface area contributed by atoms with Gasteiger partial charge in [-0.15, -0.1) is 0 Å². The molecule has 1 heterocycles. The molecule has 1 aliphatic carbocycles. The fourth-order valence-electron chi connectivity index (χ4n) is 6.64. The molecule has 0 spiro atoms. The first-order valence-electron chi connectivity index (χ1n) is 16.5. The Labute approximate surface area is 268 Å². The molecule has 3 aromatic rings. The van der Waals surface area contributed by atoms with Crippen molar-refractivity contribution in [1.29, 1.82) is 0 Å². The highest BCUT2D eigenvalue weighted by Gasteiger charge is 2.36. The maximum absolute atomic E-state index is 14.0. The van der Waals surface area contributed by atoms with Gasteiger partial charge in [-0.2, -0.15) is 0 Å². The quantitative estimate of drug-likeness (QED) is 0.224. The van der Waals surface area contributed by atoms with E-state index < -0.39 is 5.41 Å². The van der Waals surface area contributed by atoms with E-state index in [2.05, 4.69) is 21.9 Å². The minimum atomic E-state index is -0.498. The fourth-order valence-corrected chi connectivity index (χ4v) is 6.64. The van der Waals surface area contributed by atoms with Crippen LogP contribution in [0.4, 0.5) is 10.1 Å². The predicted octanol–water partition coefficient (Wildman–Crippen LogP) is 7.58. The molecule has 0 aromatic heterocycles. The SMILES string of the molecule is CC(C)(C)C(=O)N(Cc1ccccc1)[C@H]1CCC[C@@H](CN(C(=O)c2ccc(F)cc2)c2cccc(OCCN3CCCC3)c2)C1. The molecular formula is C38H48FN3O3. The van der Waals surface area contributed by atoms with Crippen LogP contribution in [0.3, 0.4) is 0 Å². The van der Waals surface area contributed by atoms with E-state index in [-0.39, 0.29) is 29.6 Å². The van der Waals surface area contributed by atoms with Crippen molar-refractivity contribution >= 4 is 17.5 Å². The molecule has 3 aromatic carbocycles. The Balaban J connectivity index is 1.36. The molecule has 2 amide bonds. The van der Waals surface area contributed by atoms with Crippen molar-refractivity contribution in [2.45, 2.75) is 71.9 Å². The van der Waals surface area contributed by atoms with Crippen LogP contribution in [-0.4, -0.2) is 60.4 Å². The number of hydrogen-bond donors (Lipinski definition) is 0. The largest absolute Gasteiger partial charge is 0.492 e. The normalized spacial score (nSPS) is 18.8. The second kappa shape index (κ2) is 15.0. The highest BCUT2D eigenvalue weighted by Crippen LogP contribution is 2.34. The minimum absolute atomic E-state index is 0.0821. The summed E-state index contributed by atoms with van der Waals surface area (Å²) in [5, 5.41) is 0. The maximum atomic E-state index is 14.0. The van der Waals surface area contributed by atoms with E-state index in [1.807, 2.05) is 68.1 Å². The molecule has 1 aliphatic heterocycles. The Bertz CT molecular complexity index is 1400. The van der Waals surface area contributed by atoms with Gasteiger partial charge >= 0.3 is 0 Å². The van der Waals surface area contributed by atoms with Crippen LogP contribution in [0.2, 0.25) is 0 Å². The Morgan fingerprint density at radius 2 is 1.64 bits per heavy atom. The molecule has 1 saturated carbocycles. The fraction of sp³-hybridized carbons (Fsp3) is 0.474. The zero-order valence-corrected chi connectivity index (χ0v) is 27.1. The van der Waals surface area contributed by atoms with E-state index in [0.29, 0.717) is 25.3 Å². The zero-order chi connectivity index (χ0) is 31.8. The summed E-state index contributed by atoms with van der Waals surface area (Å²) in [5.74, 6) is 0.533. The predicted molar refractivity (Wildman–Crippen MR) is 178 cm³/mol. The number of ether oxygens (including phenoxy) is 1. The van der Waals surface area contributed by atoms with Crippen molar-refractivity contribution in [3.63, 3.8) is 0 Å². The third kappa shape index (κ3) is 8.94. The number of nitrogens with zero attached hydrogens (tertiary/aromatic N) is 3. The first-order valence-corrected chi connectivity index (χ1v) is 16.5. The minimum Gasteiger partial charge on any atom is -0.492 e. The van der Waals surface area contributed by atoms with Crippen molar-refractivity contribution in [1.82, 2.24) is 9.80 Å². The lowest BCUT2D eigenvalue weighted by Crippen LogP contribution is -2.48. The zero-order valence-electron chi connectivity index (χ0n) is 27.1. The number of amides is 2. The number of rotatable bonds is 11. The van der Waals surface area contributed by atoms with Gasteiger partial charge in [0.15, 0.2) is 0 Å². The number of anilines is 1. The lowest BCUT2D eigenvalue weighted by molar-refractivity contribution is -0.143. The van der Waals surface area contributed by atoms with Crippen LogP contribution < -0.4 is 9.64 Å². The summed E-state index contributed by atoms with van der Waals surface area (Å²) >= 11 is 0. The van der Waals surface area contributed by atoms with Gasteiger partial charge in [0.25, 0.3) is 5.91 Å². The molecule has 7 heteroatoms. The van der Waals surface area contributed by atoms with E-state index in [0.717, 1.165) is 62.3 Å². The number of halogens is 1. The van der Waals surface area contributed by atoms with Crippen molar-refractivity contribution < 1.29 is 18.7 Å². The van der Waals surface area contributed by atoms with Crippen molar-refractivity contribution in [3.8, 4) is 5.75 Å². The molecule has 1 saturated heterocycles. The molecule has 2 aliphatic rings. The second-order valence-electron chi connectivity index (χ2n) is 13.7. The van der Waals surface area contributed by atoms with Gasteiger partial charge in [-0.05, 0) is 93.1 Å². The molecular weight excluding hydrogens is 565 g/mol. The van der Waals surface area contributed by atoms with Crippen molar-refractivity contribution in [2.24, 2.45) is 11.3 Å². The highest BCUT2D eigenvalue weighted by molar-refractivity contribution is 6.06. The summed E-state index contributed by atoms with van der Waals surface area (Å²) in [5.41, 5.74) is 1.82. The Morgan fingerprint density at radius 3 is 2.36 bits per heavy atom. The van der Waals surface area contributed by atoms with Gasteiger partial charge in [-0.1, -0.05) is 63.6 Å². The van der Waals surface area contributed by atoms with Gasteiger partial charge in [-0.25, -0.2) is 4.39 Å². The first kappa shape index (κ1) is 32.7. The van der Waals surface area contributed by atoms with E-state index in [9.17, 15) is 14.0 Å². The monoisotopic (exact) mass is 613 g/mol. The molecule has 0 radical (unpaired) electrons. The molecule has 6 nitrogen and oxygen atoms in total. The number of likely N-dealkylation sites (tertiary alicyclic amines) is 1. The standard InChI is InChI=1S/C38H48FN3O3/c1-38(2,3)37(44)42(27-29-11-5-4-6-12-29)33-14-9-13-30(25-33)28-41(36(43)31-17-19-32(39)20-18-31)34-15-10-16-35(26-34)45-24-23-40-21-7-8-22-40/h4-6,10-12,15-20,26,30,33H,7-9,13-14,21-25,27-28H2,1-3H3/t30-,33+/m1/s1. The average Bonchev–Trinajstić information content (AvgIpc) is 3.56. The molecule has 2 fully saturated rings. The molecule has 45 heavy (non-hydrogen) atoms. The summed E-state index contributed by atoms with van der Waals surface area (Å²) in [6, 6.07) is 23.8. The van der Waals surface area contributed by atoms with Crippen LogP contribution in [0.1, 0.15) is 75.2 Å². The topological polar surface area (TPSA) is 53.1 Å². The van der Waals surface area contributed by atoms with Gasteiger partial charge in [0.1, 0.15) is 18.2 Å². The van der Waals surface area contributed by atoms with Gasteiger partial charge in [0, 0.05) is 48.4 Å². The van der Waals surface area contributed by atoms with Crippen LogP contribution in [0, 0.1) is 17.2 Å². The van der Waals surface area contributed by atoms with Crippen LogP contribution in [-0.2, 0) is 11.3 Å². The number of carbonyl (C=O) groups excluding carboxylic acids is 2. The number of benzene rings is 3. The van der Waals surface area contributed by atoms with Crippen molar-refractivity contribution in [2.75, 3.05) is 37.7 Å². The van der Waals surface area contributed by atoms with Gasteiger partial charge < -0.3 is 14.5 Å². The number of hydrogen-bond acceptors (Lipinski definition) is 4. The maximum Gasteiger partial charge on any atom is 0.258 e. The molecule has 0 unspecified atom stereocenters. The summed E-state index contributed by atoms with van der Waals surface area (Å²) in [6.45, 7) is 10.8. The van der Waals surface area contributed by atoms with E-state index in [4.69, 9.17) is 4.74 Å². The summed E-state index contributed by atoms with van der Waals surface area (Å²) in [7, 11) is 0. The molecule has 240 valence electrons. The van der Waals surface area contributed by atoms with E-state index in [1.54, 1.807) is 12.1 Å². The Kier molecular flexibility index (Phi) is 10.9. The van der Waals surface area contributed by atoms with Crippen molar-refractivity contribution in [3.05, 3.63) is 95.8 Å². The molecule has 2 atom stereocenters. The lowest BCUT2D eigenvalue weighted by Gasteiger charge is -2.41. The van der Waals surface area contributed by atoms with Crippen LogP contribution >= 0.6 is 0 Å². The summed E-state index contributed by atoms with van der Waals surface area (Å²) in [6.07, 6.45) is 6.19. The van der Waals surface area contributed by atoms with E-state index in [1.165, 1.54) is 25.0 Å². The highest BCUT2D eigenvalue weighted by atomic mass is 19.1. The van der Waals surface area contributed by atoms with Gasteiger partial charge in [0.05, 0.1) is 0 Å². The third-order valence-electron chi connectivity index (χ3n) is 9.08. The summed E-state index contributed by atoms with van der Waals surface area (Å²) < 4.78 is 19.9. The third-order valence-corrected chi connectivity index (χ3v) is 9.08. The smallest absolute Gasteiger partial charge is 0.258 e. The van der Waals surface area contributed by atoms with E-state index >= 15 is 0 Å². The van der Waals surface area contributed by atoms with Crippen LogP contribution in [0.15, 0.2) is 78.9 Å². The van der Waals surface area contributed by atoms with Crippen LogP contribution in [0.25, 0.3) is 0 Å². The number of carbonyl (C=O) groups is 2. The summed E-state index contributed by atoms with van der Waals surface area (Å²) in [4.78, 5) is 34.1. The van der Waals surface area contributed by atoms with Gasteiger partial charge in [0.2, 0.25) is 5.91 Å². The molecule has 5 rings (SSSR count). The van der Waals surface area contributed by atoms with Gasteiger partial charge in [-0.3, -0.25) is 14.5 Å². The molecule has 0 N–H and O–H groups in total. The lowest BCUT2D eigenvalue weighted by atomic mass is 9.82. The second-order valence-corrected chi connectivity index (χ2v) is 13.7. The van der Waals surface area contributed by atoms with Crippen LogP contribution in [0.5, 0.6) is 5.75 Å². The Hall–Kier alpha value is -3.71. The Morgan fingerprint density at radius 1 is 0.911 bits per heavy atom. The molecule has 0 bridgehead atoms. The average molecular weight is 614 g/mol. The first-order chi connectivity index (χ1) is 21.7.